The van der Waals surface area contributed by atoms with Crippen molar-refractivity contribution in [2.75, 3.05) is 26.2 Å². The third kappa shape index (κ3) is 5.38. The standard InChI is InChI=1S/C17H26N2O2/c1-17(2,3)21-16(20)19(13-15-11-18-12-15)10-9-14-7-5-4-6-8-14/h4-8,15,18H,9-13H2,1-3H3. The van der Waals surface area contributed by atoms with Gasteiger partial charge < -0.3 is 15.0 Å². The number of rotatable bonds is 5. The van der Waals surface area contributed by atoms with Gasteiger partial charge in [0.2, 0.25) is 0 Å². The molecule has 1 aliphatic rings. The van der Waals surface area contributed by atoms with E-state index in [0.29, 0.717) is 12.5 Å². The van der Waals surface area contributed by atoms with Gasteiger partial charge in [0, 0.05) is 32.1 Å². The molecule has 0 aromatic heterocycles. The minimum absolute atomic E-state index is 0.203. The molecule has 21 heavy (non-hydrogen) atoms. The van der Waals surface area contributed by atoms with Crippen LogP contribution in [0.3, 0.4) is 0 Å². The maximum absolute atomic E-state index is 12.3. The van der Waals surface area contributed by atoms with Gasteiger partial charge in [-0.3, -0.25) is 0 Å². The molecule has 0 spiro atoms. The molecule has 2 rings (SSSR count). The van der Waals surface area contributed by atoms with E-state index in [-0.39, 0.29) is 6.09 Å². The molecule has 1 saturated heterocycles. The molecule has 1 amide bonds. The molecule has 0 bridgehead atoms. The fraction of sp³-hybridized carbons (Fsp3) is 0.588. The summed E-state index contributed by atoms with van der Waals surface area (Å²) in [6.45, 7) is 9.18. The highest BCUT2D eigenvalue weighted by Gasteiger charge is 2.26. The van der Waals surface area contributed by atoms with Crippen LogP contribution in [-0.4, -0.2) is 42.8 Å². The first-order valence-corrected chi connectivity index (χ1v) is 7.66. The number of hydrogen-bond acceptors (Lipinski definition) is 3. The van der Waals surface area contributed by atoms with E-state index < -0.39 is 5.60 Å². The minimum Gasteiger partial charge on any atom is -0.444 e. The Labute approximate surface area is 127 Å². The Morgan fingerprint density at radius 3 is 2.48 bits per heavy atom. The Balaban J connectivity index is 1.92. The van der Waals surface area contributed by atoms with Crippen LogP contribution in [0.1, 0.15) is 26.3 Å². The topological polar surface area (TPSA) is 41.6 Å². The average Bonchev–Trinajstić information content (AvgIpc) is 2.35. The molecule has 1 aromatic rings. The lowest BCUT2D eigenvalue weighted by Gasteiger charge is -2.34. The summed E-state index contributed by atoms with van der Waals surface area (Å²) >= 11 is 0. The number of nitrogens with zero attached hydrogens (tertiary/aromatic N) is 1. The van der Waals surface area contributed by atoms with Gasteiger partial charge in [0.05, 0.1) is 0 Å². The van der Waals surface area contributed by atoms with Gasteiger partial charge in [-0.05, 0) is 32.8 Å². The highest BCUT2D eigenvalue weighted by molar-refractivity contribution is 5.68. The van der Waals surface area contributed by atoms with Gasteiger partial charge >= 0.3 is 6.09 Å². The number of benzene rings is 1. The Bertz CT molecular complexity index is 450. The lowest BCUT2D eigenvalue weighted by molar-refractivity contribution is 0.0205. The van der Waals surface area contributed by atoms with E-state index in [0.717, 1.165) is 26.1 Å². The summed E-state index contributed by atoms with van der Waals surface area (Å²) in [6.07, 6.45) is 0.658. The summed E-state index contributed by atoms with van der Waals surface area (Å²) < 4.78 is 5.52. The van der Waals surface area contributed by atoms with E-state index in [1.54, 1.807) is 0 Å². The maximum atomic E-state index is 12.3. The second kappa shape index (κ2) is 6.94. The van der Waals surface area contributed by atoms with E-state index >= 15 is 0 Å². The van der Waals surface area contributed by atoms with Crippen LogP contribution in [-0.2, 0) is 11.2 Å². The number of ether oxygens (including phenoxy) is 1. The van der Waals surface area contributed by atoms with Gasteiger partial charge in [0.15, 0.2) is 0 Å². The first kappa shape index (κ1) is 15.8. The zero-order valence-corrected chi connectivity index (χ0v) is 13.3. The van der Waals surface area contributed by atoms with Gasteiger partial charge in [-0.2, -0.15) is 0 Å². The highest BCUT2D eigenvalue weighted by Crippen LogP contribution is 2.14. The summed E-state index contributed by atoms with van der Waals surface area (Å²) in [5, 5.41) is 3.25. The Kier molecular flexibility index (Phi) is 5.23. The molecule has 0 aliphatic carbocycles. The zero-order valence-electron chi connectivity index (χ0n) is 13.3. The predicted octanol–water partition coefficient (Wildman–Crippen LogP) is 2.69. The van der Waals surface area contributed by atoms with Crippen LogP contribution < -0.4 is 5.32 Å². The molecular weight excluding hydrogens is 264 g/mol. The molecule has 1 fully saturated rings. The van der Waals surface area contributed by atoms with Crippen molar-refractivity contribution in [2.45, 2.75) is 32.8 Å². The number of nitrogens with one attached hydrogen (secondary N) is 1. The maximum Gasteiger partial charge on any atom is 0.410 e. The lowest BCUT2D eigenvalue weighted by Crippen LogP contribution is -2.50. The highest BCUT2D eigenvalue weighted by atomic mass is 16.6. The zero-order chi connectivity index (χ0) is 15.3. The van der Waals surface area contributed by atoms with Gasteiger partial charge in [-0.1, -0.05) is 30.3 Å². The summed E-state index contributed by atoms with van der Waals surface area (Å²) in [6, 6.07) is 10.3. The van der Waals surface area contributed by atoms with Crippen molar-refractivity contribution in [1.82, 2.24) is 10.2 Å². The van der Waals surface area contributed by atoms with Crippen LogP contribution in [0, 0.1) is 5.92 Å². The largest absolute Gasteiger partial charge is 0.444 e. The predicted molar refractivity (Wildman–Crippen MR) is 84.3 cm³/mol. The lowest BCUT2D eigenvalue weighted by atomic mass is 10.0. The van der Waals surface area contributed by atoms with E-state index in [1.165, 1.54) is 5.56 Å². The monoisotopic (exact) mass is 290 g/mol. The van der Waals surface area contributed by atoms with Crippen molar-refractivity contribution in [2.24, 2.45) is 5.92 Å². The van der Waals surface area contributed by atoms with Crippen LogP contribution in [0.5, 0.6) is 0 Å². The number of carbonyl (C=O) groups excluding carboxylic acids is 1. The quantitative estimate of drug-likeness (QED) is 0.906. The normalized spacial score (nSPS) is 15.4. The molecule has 1 aliphatic heterocycles. The fourth-order valence-electron chi connectivity index (χ4n) is 2.28. The Hall–Kier alpha value is -1.55. The Morgan fingerprint density at radius 1 is 1.29 bits per heavy atom. The summed E-state index contributed by atoms with van der Waals surface area (Å²) in [5.74, 6) is 0.549. The van der Waals surface area contributed by atoms with Crippen molar-refractivity contribution < 1.29 is 9.53 Å². The van der Waals surface area contributed by atoms with Crippen molar-refractivity contribution >= 4 is 6.09 Å². The van der Waals surface area contributed by atoms with E-state index in [1.807, 2.05) is 43.9 Å². The third-order valence-electron chi connectivity index (χ3n) is 3.51. The molecule has 1 N–H and O–H groups in total. The van der Waals surface area contributed by atoms with Crippen molar-refractivity contribution in [3.63, 3.8) is 0 Å². The SMILES string of the molecule is CC(C)(C)OC(=O)N(CCc1ccccc1)CC1CNC1. The summed E-state index contributed by atoms with van der Waals surface area (Å²) in [7, 11) is 0. The van der Waals surface area contributed by atoms with Gasteiger partial charge in [0.25, 0.3) is 0 Å². The first-order chi connectivity index (χ1) is 9.94. The van der Waals surface area contributed by atoms with Crippen molar-refractivity contribution in [3.8, 4) is 0 Å². The van der Waals surface area contributed by atoms with Crippen molar-refractivity contribution in [3.05, 3.63) is 35.9 Å². The van der Waals surface area contributed by atoms with Gasteiger partial charge in [-0.25, -0.2) is 4.79 Å². The third-order valence-corrected chi connectivity index (χ3v) is 3.51. The average molecular weight is 290 g/mol. The molecule has 1 heterocycles. The van der Waals surface area contributed by atoms with Crippen molar-refractivity contribution in [1.29, 1.82) is 0 Å². The molecular formula is C17H26N2O2. The second-order valence-electron chi connectivity index (χ2n) is 6.69. The van der Waals surface area contributed by atoms with Gasteiger partial charge in [-0.15, -0.1) is 0 Å². The number of carbonyl (C=O) groups is 1. The van der Waals surface area contributed by atoms with Crippen LogP contribution >= 0.6 is 0 Å². The molecule has 0 saturated carbocycles. The van der Waals surface area contributed by atoms with Crippen LogP contribution in [0.15, 0.2) is 30.3 Å². The van der Waals surface area contributed by atoms with Crippen LogP contribution in [0.2, 0.25) is 0 Å². The molecule has 116 valence electrons. The van der Waals surface area contributed by atoms with Crippen LogP contribution in [0.4, 0.5) is 4.79 Å². The molecule has 1 aromatic carbocycles. The fourth-order valence-corrected chi connectivity index (χ4v) is 2.28. The first-order valence-electron chi connectivity index (χ1n) is 7.66. The summed E-state index contributed by atoms with van der Waals surface area (Å²) in [5.41, 5.74) is 0.803. The minimum atomic E-state index is -0.445. The number of hydrogen-bond donors (Lipinski definition) is 1. The molecule has 4 heteroatoms. The molecule has 0 atom stereocenters. The van der Waals surface area contributed by atoms with E-state index in [9.17, 15) is 4.79 Å². The second-order valence-corrected chi connectivity index (χ2v) is 6.69. The molecule has 0 unspecified atom stereocenters. The van der Waals surface area contributed by atoms with E-state index in [2.05, 4.69) is 17.4 Å². The molecule has 0 radical (unpaired) electrons. The Morgan fingerprint density at radius 2 is 1.95 bits per heavy atom. The van der Waals surface area contributed by atoms with Gasteiger partial charge in [0.1, 0.15) is 5.60 Å². The summed E-state index contributed by atoms with van der Waals surface area (Å²) in [4.78, 5) is 14.2. The smallest absolute Gasteiger partial charge is 0.410 e. The van der Waals surface area contributed by atoms with Crippen LogP contribution in [0.25, 0.3) is 0 Å². The molecule has 4 nitrogen and oxygen atoms in total. The number of amides is 1. The van der Waals surface area contributed by atoms with E-state index in [4.69, 9.17) is 4.74 Å².